The van der Waals surface area contributed by atoms with E-state index in [1.165, 1.54) is 0 Å². The second kappa shape index (κ2) is 6.22. The number of halogens is 3. The summed E-state index contributed by atoms with van der Waals surface area (Å²) in [6, 6.07) is 0.498. The Kier molecular flexibility index (Phi) is 4.90. The second-order valence-electron chi connectivity index (χ2n) is 4.61. The van der Waals surface area contributed by atoms with Crippen molar-refractivity contribution in [1.82, 2.24) is 9.47 Å². The van der Waals surface area contributed by atoms with Gasteiger partial charge in [-0.15, -0.1) is 0 Å². The highest BCUT2D eigenvalue weighted by Crippen LogP contribution is 2.41. The van der Waals surface area contributed by atoms with E-state index in [1.54, 1.807) is 11.8 Å². The molecule has 5 nitrogen and oxygen atoms in total. The van der Waals surface area contributed by atoms with Gasteiger partial charge in [0, 0.05) is 21.9 Å². The number of thioether (sulfide) groups is 1. The van der Waals surface area contributed by atoms with Crippen molar-refractivity contribution < 1.29 is 18.1 Å². The Bertz CT molecular complexity index is 618. The molecule has 2 rings (SSSR count). The molecule has 0 aliphatic carbocycles. The minimum atomic E-state index is -4.77. The first-order chi connectivity index (χ1) is 10.2. The molecule has 0 amide bonds. The number of hydrogen-bond donors (Lipinski definition) is 0. The van der Waals surface area contributed by atoms with Gasteiger partial charge < -0.3 is 24.8 Å². The molecule has 22 heavy (non-hydrogen) atoms. The molecule has 0 spiro atoms. The number of nitro groups is 1. The minimum absolute atomic E-state index is 0.0350. The zero-order chi connectivity index (χ0) is 16.5. The summed E-state index contributed by atoms with van der Waals surface area (Å²) >= 11 is 11.6. The van der Waals surface area contributed by atoms with Crippen LogP contribution < -0.4 is 4.48 Å². The lowest BCUT2D eigenvalue weighted by atomic mass is 10.2. The van der Waals surface area contributed by atoms with E-state index in [9.17, 15) is 23.3 Å². The number of rotatable bonds is 2. The highest BCUT2D eigenvalue weighted by molar-refractivity contribution is 8.00. The van der Waals surface area contributed by atoms with Crippen LogP contribution in [0.3, 0.4) is 0 Å². The van der Waals surface area contributed by atoms with Crippen molar-refractivity contribution in [2.75, 3.05) is 24.6 Å². The van der Waals surface area contributed by atoms with E-state index in [0.717, 1.165) is 6.20 Å². The minimum Gasteiger partial charge on any atom is -0.369 e. The molecule has 1 fully saturated rings. The van der Waals surface area contributed by atoms with E-state index in [-0.39, 0.29) is 14.6 Å². The Hall–Kier alpha value is -1.04. The standard InChI is InChI=1S/C11H10F3N3O2S3/c12-11(13,14)8-5-7(16(18)19)6-15-9(8)17(10(20)21)1-3-22-4-2-17/h5-6H,1-4H2. The lowest BCUT2D eigenvalue weighted by Crippen LogP contribution is -2.58. The van der Waals surface area contributed by atoms with Crippen molar-refractivity contribution in [2.45, 2.75) is 6.18 Å². The van der Waals surface area contributed by atoms with Crippen LogP contribution in [0.5, 0.6) is 0 Å². The Morgan fingerprint density at radius 2 is 2.05 bits per heavy atom. The molecule has 0 aromatic carbocycles. The fraction of sp³-hybridized carbons (Fsp3) is 0.455. The quantitative estimate of drug-likeness (QED) is 0.263. The van der Waals surface area contributed by atoms with Crippen molar-refractivity contribution in [2.24, 2.45) is 0 Å². The topological polar surface area (TPSA) is 56.0 Å². The molecule has 2 heterocycles. The zero-order valence-corrected chi connectivity index (χ0v) is 13.4. The first kappa shape index (κ1) is 17.3. The van der Waals surface area contributed by atoms with Gasteiger partial charge in [-0.2, -0.15) is 29.9 Å². The van der Waals surface area contributed by atoms with Crippen molar-refractivity contribution in [3.05, 3.63) is 27.9 Å². The SMILES string of the molecule is O=[N+]([O-])c1cnc([N+]2(C(=S)[S-])CCSCC2)c(C(F)(F)F)c1. The number of alkyl halides is 3. The fourth-order valence-electron chi connectivity index (χ4n) is 2.23. The first-order valence-electron chi connectivity index (χ1n) is 6.07. The number of hydrogen-bond acceptors (Lipinski definition) is 6. The summed E-state index contributed by atoms with van der Waals surface area (Å²) in [5.41, 5.74) is -1.86. The van der Waals surface area contributed by atoms with Crippen LogP contribution in [0.1, 0.15) is 5.56 Å². The van der Waals surface area contributed by atoms with Crippen LogP contribution >= 0.6 is 24.0 Å². The van der Waals surface area contributed by atoms with Crippen LogP contribution in [0.2, 0.25) is 0 Å². The summed E-state index contributed by atoms with van der Waals surface area (Å²) in [5, 5.41) is 10.7. The molecule has 1 aliphatic heterocycles. The molecule has 0 bridgehead atoms. The van der Waals surface area contributed by atoms with Gasteiger partial charge in [0.15, 0.2) is 0 Å². The Morgan fingerprint density at radius 1 is 1.45 bits per heavy atom. The number of pyridine rings is 1. The summed E-state index contributed by atoms with van der Waals surface area (Å²) in [4.78, 5) is 13.5. The maximum Gasteiger partial charge on any atom is 0.424 e. The molecule has 0 atom stereocenters. The van der Waals surface area contributed by atoms with Crippen molar-refractivity contribution in [1.29, 1.82) is 0 Å². The molecular weight excluding hydrogens is 359 g/mol. The summed E-state index contributed by atoms with van der Waals surface area (Å²) in [6.07, 6.45) is -3.95. The van der Waals surface area contributed by atoms with Gasteiger partial charge in [0.2, 0.25) is 5.82 Å². The van der Waals surface area contributed by atoms with Crippen LogP contribution in [-0.2, 0) is 18.8 Å². The van der Waals surface area contributed by atoms with Crippen LogP contribution in [0, 0.1) is 10.1 Å². The Balaban J connectivity index is 2.67. The normalized spacial score (nSPS) is 18.0. The maximum absolute atomic E-state index is 13.3. The molecule has 1 aromatic heterocycles. The Labute approximate surface area is 139 Å². The molecule has 0 saturated carbocycles. The number of aromatic nitrogens is 1. The van der Waals surface area contributed by atoms with Crippen molar-refractivity contribution in [3.63, 3.8) is 0 Å². The number of thiocarbonyl (C=S) groups is 1. The first-order valence-corrected chi connectivity index (χ1v) is 8.04. The average molecular weight is 369 g/mol. The lowest BCUT2D eigenvalue weighted by molar-refractivity contribution is -0.385. The number of nitrogens with zero attached hydrogens (tertiary/aromatic N) is 3. The van der Waals surface area contributed by atoms with E-state index < -0.39 is 22.4 Å². The van der Waals surface area contributed by atoms with Crippen LogP contribution in [-0.4, -0.2) is 38.8 Å². The van der Waals surface area contributed by atoms with Gasteiger partial charge in [0.25, 0.3) is 5.69 Å². The van der Waals surface area contributed by atoms with Crippen molar-refractivity contribution in [3.8, 4) is 0 Å². The van der Waals surface area contributed by atoms with Gasteiger partial charge in [-0.05, 0) is 0 Å². The summed E-state index contributed by atoms with van der Waals surface area (Å²) in [7, 11) is 0. The predicted molar refractivity (Wildman–Crippen MR) is 84.7 cm³/mol. The monoisotopic (exact) mass is 369 g/mol. The molecule has 1 saturated heterocycles. The highest BCUT2D eigenvalue weighted by atomic mass is 32.2. The highest BCUT2D eigenvalue weighted by Gasteiger charge is 2.45. The van der Waals surface area contributed by atoms with E-state index >= 15 is 0 Å². The van der Waals surface area contributed by atoms with E-state index in [1.807, 2.05) is 0 Å². The van der Waals surface area contributed by atoms with Gasteiger partial charge in [-0.25, -0.2) is 0 Å². The zero-order valence-electron chi connectivity index (χ0n) is 11.0. The van der Waals surface area contributed by atoms with Gasteiger partial charge >= 0.3 is 6.18 Å². The molecule has 1 aliphatic rings. The third-order valence-electron chi connectivity index (χ3n) is 3.36. The third kappa shape index (κ3) is 3.16. The van der Waals surface area contributed by atoms with Gasteiger partial charge in [0.1, 0.15) is 11.8 Å². The number of quaternary nitrogens is 1. The van der Waals surface area contributed by atoms with Crippen molar-refractivity contribution >= 4 is 52.4 Å². The predicted octanol–water partition coefficient (Wildman–Crippen LogP) is 2.89. The average Bonchev–Trinajstić information content (AvgIpc) is 2.46. The summed E-state index contributed by atoms with van der Waals surface area (Å²) in [5.74, 6) is 0.831. The van der Waals surface area contributed by atoms with Gasteiger partial charge in [0.05, 0.1) is 18.0 Å². The van der Waals surface area contributed by atoms with Crippen LogP contribution in [0.4, 0.5) is 24.7 Å². The Morgan fingerprint density at radius 3 is 2.50 bits per heavy atom. The molecular formula is C11H10F3N3O2S3. The molecule has 0 radical (unpaired) electrons. The summed E-state index contributed by atoms with van der Waals surface area (Å²) < 4.78 is 39.6. The summed E-state index contributed by atoms with van der Waals surface area (Å²) in [6.45, 7) is 0.585. The van der Waals surface area contributed by atoms with Crippen LogP contribution in [0.25, 0.3) is 0 Å². The molecule has 0 unspecified atom stereocenters. The largest absolute Gasteiger partial charge is 0.424 e. The van der Waals surface area contributed by atoms with Gasteiger partial charge in [-0.3, -0.25) is 14.6 Å². The molecule has 120 valence electrons. The van der Waals surface area contributed by atoms with Gasteiger partial charge in [-0.1, -0.05) is 0 Å². The maximum atomic E-state index is 13.3. The fourth-order valence-corrected chi connectivity index (χ4v) is 3.86. The lowest BCUT2D eigenvalue weighted by Gasteiger charge is -2.42. The van der Waals surface area contributed by atoms with E-state index in [2.05, 4.69) is 4.98 Å². The third-order valence-corrected chi connectivity index (χ3v) is 5.00. The molecule has 0 N–H and O–H groups in total. The van der Waals surface area contributed by atoms with E-state index in [0.29, 0.717) is 30.7 Å². The molecule has 11 heteroatoms. The smallest absolute Gasteiger partial charge is 0.369 e. The van der Waals surface area contributed by atoms with Crippen LogP contribution in [0.15, 0.2) is 12.3 Å². The second-order valence-corrected chi connectivity index (χ2v) is 6.87. The van der Waals surface area contributed by atoms with E-state index in [4.69, 9.17) is 24.8 Å². The molecule has 1 aromatic rings.